The fraction of sp³-hybridized carbons (Fsp3) is 0.250. The maximum atomic E-state index is 6.12. The summed E-state index contributed by atoms with van der Waals surface area (Å²) < 4.78 is 5.80. The van der Waals surface area contributed by atoms with E-state index in [2.05, 4.69) is 19.9 Å². The van der Waals surface area contributed by atoms with E-state index < -0.39 is 0 Å². The van der Waals surface area contributed by atoms with Crippen molar-refractivity contribution in [1.82, 2.24) is 0 Å². The first-order valence-corrected chi connectivity index (χ1v) is 6.53. The molecule has 0 aliphatic rings. The topological polar surface area (TPSA) is 9.23 Å². The maximum Gasteiger partial charge on any atom is 0.129 e. The van der Waals surface area contributed by atoms with Crippen LogP contribution in [0.25, 0.3) is 0 Å². The molecule has 94 valence electrons. The smallest absolute Gasteiger partial charge is 0.129 e. The second-order valence-electron chi connectivity index (χ2n) is 4.81. The van der Waals surface area contributed by atoms with Crippen LogP contribution in [0, 0.1) is 5.92 Å². The molecule has 1 nitrogen and oxygen atoms in total. The SMILES string of the molecule is CC(C)Cc1cc(Cl)cc(Oc2ccccc2)c1. The molecule has 0 aliphatic carbocycles. The van der Waals surface area contributed by atoms with Gasteiger partial charge in [0.15, 0.2) is 0 Å². The lowest BCUT2D eigenvalue weighted by Gasteiger charge is -2.10. The van der Waals surface area contributed by atoms with Gasteiger partial charge in [0, 0.05) is 5.02 Å². The highest BCUT2D eigenvalue weighted by molar-refractivity contribution is 6.30. The second-order valence-corrected chi connectivity index (χ2v) is 5.24. The molecular formula is C16H17ClO. The van der Waals surface area contributed by atoms with E-state index in [1.54, 1.807) is 0 Å². The number of hydrogen-bond acceptors (Lipinski definition) is 1. The lowest BCUT2D eigenvalue weighted by Crippen LogP contribution is -1.94. The molecule has 0 spiro atoms. The Morgan fingerprint density at radius 1 is 1.00 bits per heavy atom. The molecule has 0 amide bonds. The molecule has 0 radical (unpaired) electrons. The first-order valence-electron chi connectivity index (χ1n) is 6.16. The third-order valence-electron chi connectivity index (χ3n) is 2.55. The summed E-state index contributed by atoms with van der Waals surface area (Å²) in [5.74, 6) is 2.23. The average molecular weight is 261 g/mol. The number of ether oxygens (including phenoxy) is 1. The Balaban J connectivity index is 2.20. The van der Waals surface area contributed by atoms with Gasteiger partial charge in [0.2, 0.25) is 0 Å². The van der Waals surface area contributed by atoms with Gasteiger partial charge in [-0.15, -0.1) is 0 Å². The number of rotatable bonds is 4. The predicted molar refractivity (Wildman–Crippen MR) is 76.5 cm³/mol. The molecule has 0 aliphatic heterocycles. The van der Waals surface area contributed by atoms with E-state index in [0.29, 0.717) is 5.92 Å². The van der Waals surface area contributed by atoms with Crippen LogP contribution in [0.3, 0.4) is 0 Å². The fourth-order valence-corrected chi connectivity index (χ4v) is 2.14. The molecule has 0 N–H and O–H groups in total. The van der Waals surface area contributed by atoms with Gasteiger partial charge in [-0.1, -0.05) is 43.6 Å². The number of halogens is 1. The van der Waals surface area contributed by atoms with Crippen molar-refractivity contribution in [2.45, 2.75) is 20.3 Å². The average Bonchev–Trinajstić information content (AvgIpc) is 2.28. The van der Waals surface area contributed by atoms with E-state index in [0.717, 1.165) is 22.9 Å². The molecule has 0 unspecified atom stereocenters. The zero-order valence-corrected chi connectivity index (χ0v) is 11.4. The van der Waals surface area contributed by atoms with Crippen molar-refractivity contribution in [1.29, 1.82) is 0 Å². The highest BCUT2D eigenvalue weighted by Gasteiger charge is 2.04. The lowest BCUT2D eigenvalue weighted by atomic mass is 10.0. The number of para-hydroxylation sites is 1. The molecular weight excluding hydrogens is 244 g/mol. The summed E-state index contributed by atoms with van der Waals surface area (Å²) in [7, 11) is 0. The molecule has 2 rings (SSSR count). The highest BCUT2D eigenvalue weighted by atomic mass is 35.5. The summed E-state index contributed by atoms with van der Waals surface area (Å²) in [6.45, 7) is 4.39. The van der Waals surface area contributed by atoms with Crippen LogP contribution < -0.4 is 4.74 Å². The third-order valence-corrected chi connectivity index (χ3v) is 2.77. The van der Waals surface area contributed by atoms with Gasteiger partial charge in [-0.3, -0.25) is 0 Å². The Labute approximate surface area is 113 Å². The summed E-state index contributed by atoms with van der Waals surface area (Å²) >= 11 is 6.12. The van der Waals surface area contributed by atoms with Gasteiger partial charge in [0.1, 0.15) is 11.5 Å². The Hall–Kier alpha value is -1.47. The lowest BCUT2D eigenvalue weighted by molar-refractivity contribution is 0.481. The molecule has 0 saturated carbocycles. The zero-order valence-electron chi connectivity index (χ0n) is 10.7. The minimum atomic E-state index is 0.605. The van der Waals surface area contributed by atoms with Gasteiger partial charge in [-0.25, -0.2) is 0 Å². The maximum absolute atomic E-state index is 6.12. The number of benzene rings is 2. The molecule has 18 heavy (non-hydrogen) atoms. The summed E-state index contributed by atoms with van der Waals surface area (Å²) in [5, 5.41) is 0.721. The summed E-state index contributed by atoms with van der Waals surface area (Å²) in [6.07, 6.45) is 1.01. The number of hydrogen-bond donors (Lipinski definition) is 0. The monoisotopic (exact) mass is 260 g/mol. The quantitative estimate of drug-likeness (QED) is 0.722. The fourth-order valence-electron chi connectivity index (χ4n) is 1.89. The van der Waals surface area contributed by atoms with Crippen molar-refractivity contribution in [3.05, 3.63) is 59.1 Å². The van der Waals surface area contributed by atoms with E-state index in [1.807, 2.05) is 42.5 Å². The van der Waals surface area contributed by atoms with E-state index in [4.69, 9.17) is 16.3 Å². The van der Waals surface area contributed by atoms with Gasteiger partial charge in [0.25, 0.3) is 0 Å². The summed E-state index contributed by atoms with van der Waals surface area (Å²) in [6, 6.07) is 15.6. The molecule has 0 heterocycles. The van der Waals surface area contributed by atoms with Gasteiger partial charge >= 0.3 is 0 Å². The van der Waals surface area contributed by atoms with Crippen LogP contribution >= 0.6 is 11.6 Å². The first kappa shape index (κ1) is 13.0. The van der Waals surface area contributed by atoms with E-state index >= 15 is 0 Å². The van der Waals surface area contributed by atoms with Crippen LogP contribution in [0.15, 0.2) is 48.5 Å². The van der Waals surface area contributed by atoms with Crippen molar-refractivity contribution in [3.8, 4) is 11.5 Å². The largest absolute Gasteiger partial charge is 0.457 e. The van der Waals surface area contributed by atoms with Crippen molar-refractivity contribution in [2.24, 2.45) is 5.92 Å². The van der Waals surface area contributed by atoms with E-state index in [-0.39, 0.29) is 0 Å². The highest BCUT2D eigenvalue weighted by Crippen LogP contribution is 2.27. The van der Waals surface area contributed by atoms with Gasteiger partial charge in [0.05, 0.1) is 0 Å². The standard InChI is InChI=1S/C16H17ClO/c1-12(2)8-13-9-14(17)11-16(10-13)18-15-6-4-3-5-7-15/h3-7,9-12H,8H2,1-2H3. The molecule has 2 aromatic rings. The van der Waals surface area contributed by atoms with Gasteiger partial charge < -0.3 is 4.74 Å². The van der Waals surface area contributed by atoms with Gasteiger partial charge in [-0.05, 0) is 48.2 Å². The summed E-state index contributed by atoms with van der Waals surface area (Å²) in [5.41, 5.74) is 1.21. The van der Waals surface area contributed by atoms with Crippen molar-refractivity contribution < 1.29 is 4.74 Å². The Kier molecular flexibility index (Phi) is 4.27. The minimum Gasteiger partial charge on any atom is -0.457 e. The first-order chi connectivity index (χ1) is 8.63. The molecule has 0 aromatic heterocycles. The third kappa shape index (κ3) is 3.78. The van der Waals surface area contributed by atoms with Crippen LogP contribution in [-0.4, -0.2) is 0 Å². The van der Waals surface area contributed by atoms with Crippen molar-refractivity contribution >= 4 is 11.6 Å². The molecule has 0 atom stereocenters. The summed E-state index contributed by atoms with van der Waals surface area (Å²) in [4.78, 5) is 0. The molecule has 0 saturated heterocycles. The van der Waals surface area contributed by atoms with Crippen LogP contribution in [0.1, 0.15) is 19.4 Å². The normalized spacial score (nSPS) is 10.7. The minimum absolute atomic E-state index is 0.605. The molecule has 0 fully saturated rings. The van der Waals surface area contributed by atoms with E-state index in [9.17, 15) is 0 Å². The molecule has 0 bridgehead atoms. The van der Waals surface area contributed by atoms with Crippen LogP contribution in [0.5, 0.6) is 11.5 Å². The predicted octanol–water partition coefficient (Wildman–Crippen LogP) is 5.33. The van der Waals surface area contributed by atoms with Gasteiger partial charge in [-0.2, -0.15) is 0 Å². The van der Waals surface area contributed by atoms with Crippen LogP contribution in [0.4, 0.5) is 0 Å². The van der Waals surface area contributed by atoms with Crippen LogP contribution in [-0.2, 0) is 6.42 Å². The van der Waals surface area contributed by atoms with Crippen LogP contribution in [0.2, 0.25) is 5.02 Å². The zero-order chi connectivity index (χ0) is 13.0. The van der Waals surface area contributed by atoms with Crippen molar-refractivity contribution in [2.75, 3.05) is 0 Å². The van der Waals surface area contributed by atoms with E-state index in [1.165, 1.54) is 5.56 Å². The Bertz CT molecular complexity index is 506. The Morgan fingerprint density at radius 2 is 1.72 bits per heavy atom. The van der Waals surface area contributed by atoms with Crippen molar-refractivity contribution in [3.63, 3.8) is 0 Å². The molecule has 2 heteroatoms. The Morgan fingerprint density at radius 3 is 2.39 bits per heavy atom. The second kappa shape index (κ2) is 5.92. The molecule has 2 aromatic carbocycles.